The molecule has 0 aromatic rings. The summed E-state index contributed by atoms with van der Waals surface area (Å²) in [6, 6.07) is 0. The van der Waals surface area contributed by atoms with Crippen LogP contribution in [0.2, 0.25) is 0 Å². The number of carbonyl (C=O) groups is 2. The molecule has 2 N–H and O–H groups in total. The molecule has 76 valence electrons. The molecule has 1 amide bonds. The zero-order valence-corrected chi connectivity index (χ0v) is 8.17. The Morgan fingerprint density at radius 3 is 2.38 bits per heavy atom. The molecule has 0 aliphatic carbocycles. The molecular formula is C9H17NO3. The quantitative estimate of drug-likeness (QED) is 0.652. The third kappa shape index (κ3) is 5.22. The van der Waals surface area contributed by atoms with E-state index >= 15 is 0 Å². The predicted octanol–water partition coefficient (Wildman–Crippen LogP) is 1.01. The Morgan fingerprint density at radius 2 is 2.00 bits per heavy atom. The summed E-state index contributed by atoms with van der Waals surface area (Å²) in [6.07, 6.45) is 1.45. The summed E-state index contributed by atoms with van der Waals surface area (Å²) in [4.78, 5) is 21.7. The van der Waals surface area contributed by atoms with Crippen LogP contribution in [-0.4, -0.2) is 23.5 Å². The molecule has 0 saturated carbocycles. The first-order valence-corrected chi connectivity index (χ1v) is 4.61. The van der Waals surface area contributed by atoms with Crippen molar-refractivity contribution in [1.29, 1.82) is 0 Å². The van der Waals surface area contributed by atoms with Gasteiger partial charge < -0.3 is 10.4 Å². The first kappa shape index (κ1) is 11.9. The lowest BCUT2D eigenvalue weighted by atomic mass is 10.0. The fourth-order valence-electron chi connectivity index (χ4n) is 0.967. The van der Waals surface area contributed by atoms with Crippen LogP contribution in [0.1, 0.15) is 33.1 Å². The molecule has 0 radical (unpaired) electrons. The van der Waals surface area contributed by atoms with Crippen LogP contribution < -0.4 is 5.32 Å². The topological polar surface area (TPSA) is 66.4 Å². The van der Waals surface area contributed by atoms with E-state index in [4.69, 9.17) is 5.11 Å². The molecule has 0 aliphatic heterocycles. The highest BCUT2D eigenvalue weighted by Gasteiger charge is 2.18. The molecule has 0 aliphatic rings. The Balaban J connectivity index is 3.80. The molecule has 13 heavy (non-hydrogen) atoms. The summed E-state index contributed by atoms with van der Waals surface area (Å²) < 4.78 is 0. The normalized spacial score (nSPS) is 12.2. The molecule has 4 nitrogen and oxygen atoms in total. The standard InChI is InChI=1S/C9H17NO3/c1-3-5-10-8(11)6-7(4-2)9(12)13/h7H,3-6H2,1-2H3,(H,10,11)(H,12,13). The van der Waals surface area contributed by atoms with Gasteiger partial charge in [-0.3, -0.25) is 9.59 Å². The Morgan fingerprint density at radius 1 is 1.38 bits per heavy atom. The van der Waals surface area contributed by atoms with Gasteiger partial charge in [-0.1, -0.05) is 13.8 Å². The van der Waals surface area contributed by atoms with Gasteiger partial charge in [-0.25, -0.2) is 0 Å². The number of carboxylic acids is 1. The van der Waals surface area contributed by atoms with Gasteiger partial charge in [-0.05, 0) is 12.8 Å². The summed E-state index contributed by atoms with van der Waals surface area (Å²) in [5, 5.41) is 11.3. The molecule has 0 aromatic carbocycles. The van der Waals surface area contributed by atoms with E-state index in [-0.39, 0.29) is 12.3 Å². The summed E-state index contributed by atoms with van der Waals surface area (Å²) in [5.41, 5.74) is 0. The number of aliphatic carboxylic acids is 1. The maximum atomic E-state index is 11.1. The van der Waals surface area contributed by atoms with Crippen LogP contribution in [0.4, 0.5) is 0 Å². The number of carbonyl (C=O) groups excluding carboxylic acids is 1. The monoisotopic (exact) mass is 187 g/mol. The lowest BCUT2D eigenvalue weighted by Gasteiger charge is -2.08. The van der Waals surface area contributed by atoms with Crippen LogP contribution in [-0.2, 0) is 9.59 Å². The highest BCUT2D eigenvalue weighted by molar-refractivity contribution is 5.82. The van der Waals surface area contributed by atoms with E-state index in [0.717, 1.165) is 6.42 Å². The fraction of sp³-hybridized carbons (Fsp3) is 0.778. The Bertz CT molecular complexity index is 180. The minimum absolute atomic E-state index is 0.0891. The highest BCUT2D eigenvalue weighted by atomic mass is 16.4. The van der Waals surface area contributed by atoms with Crippen LogP contribution >= 0.6 is 0 Å². The molecule has 0 bridgehead atoms. The molecule has 0 spiro atoms. The molecule has 0 heterocycles. The predicted molar refractivity (Wildman–Crippen MR) is 49.3 cm³/mol. The van der Waals surface area contributed by atoms with Gasteiger partial charge in [-0.2, -0.15) is 0 Å². The van der Waals surface area contributed by atoms with Crippen molar-refractivity contribution >= 4 is 11.9 Å². The zero-order valence-electron chi connectivity index (χ0n) is 8.17. The third-order valence-corrected chi connectivity index (χ3v) is 1.85. The van der Waals surface area contributed by atoms with Crippen molar-refractivity contribution in [2.45, 2.75) is 33.1 Å². The number of carboxylic acid groups (broad SMARTS) is 1. The second kappa shape index (κ2) is 6.46. The number of nitrogens with one attached hydrogen (secondary N) is 1. The van der Waals surface area contributed by atoms with Gasteiger partial charge in [0, 0.05) is 13.0 Å². The first-order valence-electron chi connectivity index (χ1n) is 4.61. The summed E-state index contributed by atoms with van der Waals surface area (Å²) in [6.45, 7) is 4.34. The SMILES string of the molecule is CCCNC(=O)CC(CC)C(=O)O. The van der Waals surface area contributed by atoms with Gasteiger partial charge in [0.1, 0.15) is 0 Å². The molecule has 0 aromatic heterocycles. The van der Waals surface area contributed by atoms with Crippen LogP contribution in [0.5, 0.6) is 0 Å². The second-order valence-corrected chi connectivity index (χ2v) is 3.00. The van der Waals surface area contributed by atoms with Crippen molar-refractivity contribution in [3.63, 3.8) is 0 Å². The van der Waals surface area contributed by atoms with E-state index < -0.39 is 11.9 Å². The number of hydrogen-bond acceptors (Lipinski definition) is 2. The van der Waals surface area contributed by atoms with Crippen molar-refractivity contribution in [3.05, 3.63) is 0 Å². The van der Waals surface area contributed by atoms with Gasteiger partial charge >= 0.3 is 5.97 Å². The summed E-state index contributed by atoms with van der Waals surface area (Å²) >= 11 is 0. The molecule has 1 atom stereocenters. The molecule has 0 fully saturated rings. The minimum Gasteiger partial charge on any atom is -0.481 e. The maximum absolute atomic E-state index is 11.1. The Kier molecular flexibility index (Phi) is 5.93. The lowest BCUT2D eigenvalue weighted by molar-refractivity contribution is -0.144. The number of amides is 1. The first-order chi connectivity index (χ1) is 6.11. The Hall–Kier alpha value is -1.06. The second-order valence-electron chi connectivity index (χ2n) is 3.00. The van der Waals surface area contributed by atoms with E-state index in [1.807, 2.05) is 6.92 Å². The molecule has 1 unspecified atom stereocenters. The van der Waals surface area contributed by atoms with E-state index in [0.29, 0.717) is 13.0 Å². The number of rotatable bonds is 6. The van der Waals surface area contributed by atoms with E-state index in [2.05, 4.69) is 5.32 Å². The average molecular weight is 187 g/mol. The van der Waals surface area contributed by atoms with E-state index in [1.54, 1.807) is 6.92 Å². The largest absolute Gasteiger partial charge is 0.481 e. The van der Waals surface area contributed by atoms with Gasteiger partial charge in [0.05, 0.1) is 5.92 Å². The van der Waals surface area contributed by atoms with Crippen molar-refractivity contribution in [3.8, 4) is 0 Å². The van der Waals surface area contributed by atoms with Crippen molar-refractivity contribution in [2.75, 3.05) is 6.54 Å². The van der Waals surface area contributed by atoms with Crippen LogP contribution in [0.15, 0.2) is 0 Å². The van der Waals surface area contributed by atoms with Crippen molar-refractivity contribution in [1.82, 2.24) is 5.32 Å². The molecule has 0 saturated heterocycles. The summed E-state index contributed by atoms with van der Waals surface area (Å²) in [7, 11) is 0. The molecular weight excluding hydrogens is 170 g/mol. The van der Waals surface area contributed by atoms with Crippen LogP contribution in [0.25, 0.3) is 0 Å². The Labute approximate surface area is 78.3 Å². The van der Waals surface area contributed by atoms with Gasteiger partial charge in [0.25, 0.3) is 0 Å². The fourth-order valence-corrected chi connectivity index (χ4v) is 0.967. The van der Waals surface area contributed by atoms with Crippen LogP contribution in [0.3, 0.4) is 0 Å². The highest BCUT2D eigenvalue weighted by Crippen LogP contribution is 2.07. The zero-order chi connectivity index (χ0) is 10.3. The smallest absolute Gasteiger partial charge is 0.307 e. The van der Waals surface area contributed by atoms with E-state index in [1.165, 1.54) is 0 Å². The molecule has 0 rings (SSSR count). The van der Waals surface area contributed by atoms with Gasteiger partial charge in [0.15, 0.2) is 0 Å². The average Bonchev–Trinajstić information content (AvgIpc) is 2.10. The molecule has 4 heteroatoms. The summed E-state index contributed by atoms with van der Waals surface area (Å²) in [5.74, 6) is -1.61. The van der Waals surface area contributed by atoms with Gasteiger partial charge in [-0.15, -0.1) is 0 Å². The van der Waals surface area contributed by atoms with Crippen molar-refractivity contribution in [2.24, 2.45) is 5.92 Å². The minimum atomic E-state index is -0.894. The maximum Gasteiger partial charge on any atom is 0.307 e. The third-order valence-electron chi connectivity index (χ3n) is 1.85. The number of hydrogen-bond donors (Lipinski definition) is 2. The van der Waals surface area contributed by atoms with Crippen LogP contribution in [0, 0.1) is 5.92 Å². The lowest BCUT2D eigenvalue weighted by Crippen LogP contribution is -2.28. The van der Waals surface area contributed by atoms with Gasteiger partial charge in [0.2, 0.25) is 5.91 Å². The van der Waals surface area contributed by atoms with E-state index in [9.17, 15) is 9.59 Å². The van der Waals surface area contributed by atoms with Crippen molar-refractivity contribution < 1.29 is 14.7 Å².